The standard InChI is InChI=1S/C15H20N2O4/c1-11(18)14-5-3-4-8-16(14)10-12-9-13(17(19)20)6-7-15(12)21-2/h6-7,9,14H,3-5,8,10H2,1-2H3. The zero-order valence-corrected chi connectivity index (χ0v) is 12.4. The normalized spacial score (nSPS) is 19.2. The summed E-state index contributed by atoms with van der Waals surface area (Å²) in [7, 11) is 1.54. The molecule has 1 aromatic carbocycles. The Balaban J connectivity index is 2.25. The molecule has 1 heterocycles. The van der Waals surface area contributed by atoms with Crippen LogP contribution < -0.4 is 4.74 Å². The molecule has 0 N–H and O–H groups in total. The first kappa shape index (κ1) is 15.4. The van der Waals surface area contributed by atoms with Gasteiger partial charge in [0.05, 0.1) is 18.1 Å². The monoisotopic (exact) mass is 292 g/mol. The highest BCUT2D eigenvalue weighted by Crippen LogP contribution is 2.28. The number of ether oxygens (including phenoxy) is 1. The third kappa shape index (κ3) is 3.58. The van der Waals surface area contributed by atoms with Gasteiger partial charge in [0.1, 0.15) is 11.5 Å². The molecule has 1 aliphatic heterocycles. The number of hydrogen-bond acceptors (Lipinski definition) is 5. The number of ketones is 1. The van der Waals surface area contributed by atoms with E-state index in [1.807, 2.05) is 0 Å². The molecule has 21 heavy (non-hydrogen) atoms. The second-order valence-electron chi connectivity index (χ2n) is 5.35. The maximum atomic E-state index is 11.7. The van der Waals surface area contributed by atoms with E-state index < -0.39 is 4.92 Å². The molecule has 0 amide bonds. The third-order valence-corrected chi connectivity index (χ3v) is 3.93. The van der Waals surface area contributed by atoms with E-state index in [4.69, 9.17) is 4.74 Å². The Morgan fingerprint density at radius 1 is 1.48 bits per heavy atom. The summed E-state index contributed by atoms with van der Waals surface area (Å²) in [5, 5.41) is 10.9. The van der Waals surface area contributed by atoms with E-state index in [0.717, 1.165) is 31.4 Å². The van der Waals surface area contributed by atoms with Crippen molar-refractivity contribution in [3.63, 3.8) is 0 Å². The van der Waals surface area contributed by atoms with Crippen LogP contribution in [-0.4, -0.2) is 35.3 Å². The van der Waals surface area contributed by atoms with Crippen LogP contribution in [0, 0.1) is 10.1 Å². The summed E-state index contributed by atoms with van der Waals surface area (Å²) < 4.78 is 5.28. The van der Waals surface area contributed by atoms with E-state index in [2.05, 4.69) is 4.90 Å². The molecule has 0 aliphatic carbocycles. The molecule has 2 rings (SSSR count). The van der Waals surface area contributed by atoms with Gasteiger partial charge in [0.25, 0.3) is 5.69 Å². The van der Waals surface area contributed by atoms with Crippen LogP contribution in [0.25, 0.3) is 0 Å². The second-order valence-corrected chi connectivity index (χ2v) is 5.35. The molecule has 0 saturated carbocycles. The van der Waals surface area contributed by atoms with Gasteiger partial charge < -0.3 is 4.74 Å². The van der Waals surface area contributed by atoms with Crippen molar-refractivity contribution in [3.05, 3.63) is 33.9 Å². The van der Waals surface area contributed by atoms with E-state index in [9.17, 15) is 14.9 Å². The predicted molar refractivity (Wildman–Crippen MR) is 78.4 cm³/mol. The first-order valence-electron chi connectivity index (χ1n) is 7.08. The number of nitro benzene ring substituents is 1. The van der Waals surface area contributed by atoms with E-state index in [-0.39, 0.29) is 17.5 Å². The number of rotatable bonds is 5. The minimum Gasteiger partial charge on any atom is -0.496 e. The van der Waals surface area contributed by atoms with Crippen LogP contribution in [-0.2, 0) is 11.3 Å². The summed E-state index contributed by atoms with van der Waals surface area (Å²) in [5.41, 5.74) is 0.794. The number of likely N-dealkylation sites (tertiary alicyclic amines) is 1. The Kier molecular flexibility index (Phi) is 4.90. The Bertz CT molecular complexity index is 544. The lowest BCUT2D eigenvalue weighted by Crippen LogP contribution is -2.43. The van der Waals surface area contributed by atoms with Gasteiger partial charge in [-0.25, -0.2) is 0 Å². The van der Waals surface area contributed by atoms with Crippen molar-refractivity contribution in [3.8, 4) is 5.75 Å². The highest BCUT2D eigenvalue weighted by molar-refractivity contribution is 5.81. The number of nitro groups is 1. The zero-order chi connectivity index (χ0) is 15.4. The molecule has 0 radical (unpaired) electrons. The van der Waals surface area contributed by atoms with E-state index in [1.54, 1.807) is 20.1 Å². The summed E-state index contributed by atoms with van der Waals surface area (Å²) in [6, 6.07) is 4.48. The molecule has 1 aliphatic rings. The lowest BCUT2D eigenvalue weighted by Gasteiger charge is -2.34. The van der Waals surface area contributed by atoms with Crippen molar-refractivity contribution in [1.29, 1.82) is 0 Å². The van der Waals surface area contributed by atoms with Gasteiger partial charge in [-0.3, -0.25) is 19.8 Å². The van der Waals surface area contributed by atoms with Crippen LogP contribution in [0.3, 0.4) is 0 Å². The average molecular weight is 292 g/mol. The molecule has 0 aromatic heterocycles. The van der Waals surface area contributed by atoms with Crippen molar-refractivity contribution in [1.82, 2.24) is 4.90 Å². The van der Waals surface area contributed by atoms with Crippen LogP contribution >= 0.6 is 0 Å². The Labute approximate surface area is 123 Å². The van der Waals surface area contributed by atoms with Crippen LogP contribution in [0.5, 0.6) is 5.75 Å². The topological polar surface area (TPSA) is 72.7 Å². The van der Waals surface area contributed by atoms with Crippen molar-refractivity contribution in [2.75, 3.05) is 13.7 Å². The maximum absolute atomic E-state index is 11.7. The number of carbonyl (C=O) groups is 1. The van der Waals surface area contributed by atoms with E-state index in [0.29, 0.717) is 12.3 Å². The first-order chi connectivity index (χ1) is 10.0. The molecule has 0 spiro atoms. The smallest absolute Gasteiger partial charge is 0.270 e. The molecular formula is C15H20N2O4. The summed E-state index contributed by atoms with van der Waals surface area (Å²) in [5.74, 6) is 0.771. The molecule has 1 saturated heterocycles. The molecule has 1 unspecified atom stereocenters. The zero-order valence-electron chi connectivity index (χ0n) is 12.4. The molecule has 114 valence electrons. The van der Waals surface area contributed by atoms with Crippen LogP contribution in [0.1, 0.15) is 31.7 Å². The highest BCUT2D eigenvalue weighted by Gasteiger charge is 2.27. The number of non-ortho nitro benzene ring substituents is 1. The SMILES string of the molecule is COc1ccc([N+](=O)[O-])cc1CN1CCCCC1C(C)=O. The first-order valence-corrected chi connectivity index (χ1v) is 7.08. The van der Waals surface area contributed by atoms with Crippen molar-refractivity contribution in [2.24, 2.45) is 0 Å². The molecule has 0 bridgehead atoms. The van der Waals surface area contributed by atoms with Crippen LogP contribution in [0.15, 0.2) is 18.2 Å². The van der Waals surface area contributed by atoms with Crippen LogP contribution in [0.4, 0.5) is 5.69 Å². The minimum absolute atomic E-state index is 0.0437. The number of hydrogen-bond donors (Lipinski definition) is 0. The Morgan fingerprint density at radius 3 is 2.86 bits per heavy atom. The maximum Gasteiger partial charge on any atom is 0.270 e. The fourth-order valence-corrected chi connectivity index (χ4v) is 2.86. The Morgan fingerprint density at radius 2 is 2.24 bits per heavy atom. The van der Waals surface area contributed by atoms with Crippen LogP contribution in [0.2, 0.25) is 0 Å². The lowest BCUT2D eigenvalue weighted by atomic mass is 9.98. The molecule has 1 atom stereocenters. The number of piperidine rings is 1. The fraction of sp³-hybridized carbons (Fsp3) is 0.533. The van der Waals surface area contributed by atoms with Gasteiger partial charge in [-0.2, -0.15) is 0 Å². The molecular weight excluding hydrogens is 272 g/mol. The number of benzene rings is 1. The number of Topliss-reactive ketones (excluding diaryl/α,β-unsaturated/α-hetero) is 1. The average Bonchev–Trinajstić information content (AvgIpc) is 2.47. The summed E-state index contributed by atoms with van der Waals surface area (Å²) in [6.45, 7) is 2.93. The number of carbonyl (C=O) groups excluding carboxylic acids is 1. The van der Waals surface area contributed by atoms with Gasteiger partial charge in [-0.1, -0.05) is 6.42 Å². The largest absolute Gasteiger partial charge is 0.496 e. The molecule has 1 aromatic rings. The van der Waals surface area contributed by atoms with Crippen molar-refractivity contribution < 1.29 is 14.5 Å². The highest BCUT2D eigenvalue weighted by atomic mass is 16.6. The summed E-state index contributed by atoms with van der Waals surface area (Å²) in [4.78, 5) is 24.3. The molecule has 1 fully saturated rings. The fourth-order valence-electron chi connectivity index (χ4n) is 2.86. The third-order valence-electron chi connectivity index (χ3n) is 3.93. The number of nitrogens with zero attached hydrogens (tertiary/aromatic N) is 2. The predicted octanol–water partition coefficient (Wildman–Crippen LogP) is 2.55. The quantitative estimate of drug-likeness (QED) is 0.616. The molecule has 6 nitrogen and oxygen atoms in total. The second kappa shape index (κ2) is 6.67. The van der Waals surface area contributed by atoms with Gasteiger partial charge >= 0.3 is 0 Å². The van der Waals surface area contributed by atoms with Gasteiger partial charge in [0, 0.05) is 24.2 Å². The van der Waals surface area contributed by atoms with Gasteiger partial charge in [0.2, 0.25) is 0 Å². The van der Waals surface area contributed by atoms with E-state index in [1.165, 1.54) is 12.1 Å². The van der Waals surface area contributed by atoms with Crippen molar-refractivity contribution in [2.45, 2.75) is 38.8 Å². The summed E-state index contributed by atoms with van der Waals surface area (Å²) in [6.07, 6.45) is 2.94. The van der Waals surface area contributed by atoms with Gasteiger partial charge in [-0.05, 0) is 32.4 Å². The summed E-state index contributed by atoms with van der Waals surface area (Å²) >= 11 is 0. The minimum atomic E-state index is -0.415. The lowest BCUT2D eigenvalue weighted by molar-refractivity contribution is -0.385. The van der Waals surface area contributed by atoms with E-state index >= 15 is 0 Å². The van der Waals surface area contributed by atoms with Gasteiger partial charge in [0.15, 0.2) is 0 Å². The van der Waals surface area contributed by atoms with Crippen molar-refractivity contribution >= 4 is 11.5 Å². The number of methoxy groups -OCH3 is 1. The van der Waals surface area contributed by atoms with Gasteiger partial charge in [-0.15, -0.1) is 0 Å². The Hall–Kier alpha value is -1.95. The molecule has 6 heteroatoms.